The molecule has 10 heteroatoms. The Hall–Kier alpha value is -3.33. The molecule has 0 radical (unpaired) electrons. The molecule has 55 heavy (non-hydrogen) atoms. The fourth-order valence-corrected chi connectivity index (χ4v) is 5.45. The van der Waals surface area contributed by atoms with Crippen LogP contribution >= 0.6 is 7.82 Å². The van der Waals surface area contributed by atoms with Crippen LogP contribution in [0.25, 0.3) is 0 Å². The maximum atomic E-state index is 12.1. The highest BCUT2D eigenvalue weighted by Crippen LogP contribution is 2.42. The summed E-state index contributed by atoms with van der Waals surface area (Å²) < 4.78 is 26.8. The lowest BCUT2D eigenvalue weighted by Gasteiger charge is -2.15. The Morgan fingerprint density at radius 1 is 0.564 bits per heavy atom. The summed E-state index contributed by atoms with van der Waals surface area (Å²) in [5, 5.41) is 12.6. The van der Waals surface area contributed by atoms with E-state index in [4.69, 9.17) is 13.8 Å². The monoisotopic (exact) mass is 785 g/mol. The van der Waals surface area contributed by atoms with Crippen LogP contribution in [0.3, 0.4) is 0 Å². The predicted octanol–water partition coefficient (Wildman–Crippen LogP) is 11.2. The van der Waals surface area contributed by atoms with Crippen LogP contribution in [-0.4, -0.2) is 54.3 Å². The molecule has 0 aliphatic carbocycles. The summed E-state index contributed by atoms with van der Waals surface area (Å²) in [5.74, 6) is -0.603. The van der Waals surface area contributed by atoms with Crippen molar-refractivity contribution in [2.24, 2.45) is 0 Å². The van der Waals surface area contributed by atoms with Gasteiger partial charge in [-0.05, 0) is 96.3 Å². The molecule has 0 aromatic heterocycles. The highest BCUT2D eigenvalue weighted by Gasteiger charge is 2.23. The Balaban J connectivity index is 3.76. The number of carbonyl (C=O) groups is 2. The summed E-state index contributed by atoms with van der Waals surface area (Å²) in [4.78, 5) is 33.8. The summed E-state index contributed by atoms with van der Waals surface area (Å²) >= 11 is 0. The van der Waals surface area contributed by atoms with Gasteiger partial charge in [0, 0.05) is 19.4 Å². The van der Waals surface area contributed by atoms with E-state index in [1.165, 1.54) is 0 Å². The van der Waals surface area contributed by atoms with Gasteiger partial charge in [0.1, 0.15) is 12.7 Å². The first-order chi connectivity index (χ1) is 26.8. The lowest BCUT2D eigenvalue weighted by molar-refractivity contribution is -0.147. The Morgan fingerprint density at radius 2 is 0.982 bits per heavy atom. The number of phosphoric ester groups is 1. The molecule has 0 aromatic carbocycles. The van der Waals surface area contributed by atoms with Gasteiger partial charge in [-0.3, -0.25) is 18.6 Å². The Morgan fingerprint density at radius 3 is 1.45 bits per heavy atom. The van der Waals surface area contributed by atoms with Crippen molar-refractivity contribution in [2.75, 3.05) is 26.4 Å². The molecular weight excluding hydrogens is 713 g/mol. The molecule has 2 unspecified atom stereocenters. The first kappa shape index (κ1) is 51.7. The zero-order valence-electron chi connectivity index (χ0n) is 33.8. The highest BCUT2D eigenvalue weighted by atomic mass is 31.2. The zero-order valence-corrected chi connectivity index (χ0v) is 34.7. The molecule has 0 aliphatic heterocycles. The second-order valence-electron chi connectivity index (χ2n) is 12.8. The van der Waals surface area contributed by atoms with Gasteiger partial charge in [-0.25, -0.2) is 4.57 Å². The molecule has 1 amide bonds. The Labute approximate surface area is 333 Å². The number of nitrogens with one attached hydrogen (secondary N) is 1. The van der Waals surface area contributed by atoms with E-state index < -0.39 is 26.5 Å². The van der Waals surface area contributed by atoms with E-state index >= 15 is 0 Å². The van der Waals surface area contributed by atoms with Crippen molar-refractivity contribution >= 4 is 19.7 Å². The van der Waals surface area contributed by atoms with Crippen molar-refractivity contribution in [3.05, 3.63) is 109 Å². The first-order valence-corrected chi connectivity index (χ1v) is 21.9. The quantitative estimate of drug-likeness (QED) is 0.0248. The van der Waals surface area contributed by atoms with Crippen molar-refractivity contribution < 1.29 is 37.9 Å². The minimum absolute atomic E-state index is 0.0531. The maximum absolute atomic E-state index is 12.1. The van der Waals surface area contributed by atoms with Crippen molar-refractivity contribution in [3.8, 4) is 0 Å². The first-order valence-electron chi connectivity index (χ1n) is 20.4. The van der Waals surface area contributed by atoms with Gasteiger partial charge in [0.05, 0.1) is 13.2 Å². The van der Waals surface area contributed by atoms with Gasteiger partial charge in [-0.15, -0.1) is 0 Å². The number of aliphatic hydroxyl groups excluding tert-OH is 1. The number of rotatable bonds is 36. The Bertz CT molecular complexity index is 1260. The normalized spacial score (nSPS) is 14.5. The van der Waals surface area contributed by atoms with Crippen LogP contribution in [-0.2, 0) is 27.9 Å². The fourth-order valence-electron chi connectivity index (χ4n) is 4.69. The third-order valence-electron chi connectivity index (χ3n) is 7.70. The largest absolute Gasteiger partial charge is 0.472 e. The van der Waals surface area contributed by atoms with Gasteiger partial charge in [-0.2, -0.15) is 0 Å². The van der Waals surface area contributed by atoms with E-state index in [0.717, 1.165) is 96.3 Å². The van der Waals surface area contributed by atoms with E-state index in [-0.39, 0.29) is 32.1 Å². The third-order valence-corrected chi connectivity index (χ3v) is 8.68. The van der Waals surface area contributed by atoms with Crippen LogP contribution in [0.1, 0.15) is 129 Å². The van der Waals surface area contributed by atoms with E-state index in [9.17, 15) is 24.2 Å². The molecule has 2 atom stereocenters. The summed E-state index contributed by atoms with van der Waals surface area (Å²) in [6.45, 7) is 3.19. The molecule has 0 bridgehead atoms. The van der Waals surface area contributed by atoms with E-state index in [0.29, 0.717) is 12.8 Å². The second-order valence-corrected chi connectivity index (χ2v) is 14.3. The maximum Gasteiger partial charge on any atom is 0.472 e. The minimum atomic E-state index is -4.44. The topological polar surface area (TPSA) is 131 Å². The number of amides is 1. The van der Waals surface area contributed by atoms with Crippen LogP contribution in [0.2, 0.25) is 0 Å². The number of aliphatic hydroxyl groups is 1. The number of esters is 1. The number of phosphoric acid groups is 1. The lowest BCUT2D eigenvalue weighted by atomic mass is 10.1. The number of unbranched alkanes of at least 4 members (excludes halogenated alkanes) is 5. The molecule has 3 N–H and O–H groups in total. The van der Waals surface area contributed by atoms with Crippen molar-refractivity contribution in [1.82, 2.24) is 5.32 Å². The van der Waals surface area contributed by atoms with Gasteiger partial charge in [-0.1, -0.05) is 130 Å². The summed E-state index contributed by atoms with van der Waals surface area (Å²) in [5.41, 5.74) is 0. The number of allylic oxidation sites excluding steroid dienone is 18. The molecule has 0 heterocycles. The third kappa shape index (κ3) is 41.7. The number of hydrogen-bond acceptors (Lipinski definition) is 7. The van der Waals surface area contributed by atoms with Crippen molar-refractivity contribution in [2.45, 2.75) is 136 Å². The fraction of sp³-hybridized carbons (Fsp3) is 0.556. The van der Waals surface area contributed by atoms with Crippen LogP contribution in [0.5, 0.6) is 0 Å². The van der Waals surface area contributed by atoms with Crippen molar-refractivity contribution in [3.63, 3.8) is 0 Å². The molecule has 0 fully saturated rings. The van der Waals surface area contributed by atoms with Gasteiger partial charge >= 0.3 is 13.8 Å². The number of ether oxygens (including phenoxy) is 1. The SMILES string of the molecule is CC/C=C\C/C=C\C/C=C\C/C=C\C/C=C\C/C=C\CCCCC(=O)OCC(O)COP(=O)(O)OCCNC(=O)CCCCC/C=C\C/C=C\C/C=C\CC. The van der Waals surface area contributed by atoms with Gasteiger partial charge in [0.2, 0.25) is 5.91 Å². The summed E-state index contributed by atoms with van der Waals surface area (Å²) in [6.07, 6.45) is 53.1. The number of hydrogen-bond donors (Lipinski definition) is 3. The lowest BCUT2D eigenvalue weighted by Crippen LogP contribution is -2.27. The van der Waals surface area contributed by atoms with Crippen molar-refractivity contribution in [1.29, 1.82) is 0 Å². The molecule has 0 saturated heterocycles. The van der Waals surface area contributed by atoms with Crippen LogP contribution in [0.15, 0.2) is 109 Å². The molecule has 9 nitrogen and oxygen atoms in total. The molecule has 0 rings (SSSR count). The van der Waals surface area contributed by atoms with E-state index in [1.54, 1.807) is 0 Å². The molecule has 0 spiro atoms. The van der Waals surface area contributed by atoms with Gasteiger partial charge in [0.25, 0.3) is 0 Å². The standard InChI is InChI=1S/C45H72NO8P/c1-3-5-7-9-11-13-15-17-18-19-20-21-22-23-24-26-28-30-32-34-36-38-45(49)52-41-43(47)42-54-55(50,51)53-40-39-46-44(48)37-35-33-31-29-27-25-16-14-12-10-8-6-4-2/h5-8,11-14,17-18,20-21,23-25,27-28,30,43,47H,3-4,9-10,15-16,19,22,26,29,31-42H2,1-2H3,(H,46,48)(H,50,51)/b7-5-,8-6-,13-11-,14-12-,18-17-,21-20-,24-23-,27-25-,30-28-. The summed E-state index contributed by atoms with van der Waals surface area (Å²) in [7, 11) is -4.44. The molecule has 0 aromatic rings. The van der Waals surface area contributed by atoms with E-state index in [1.807, 2.05) is 0 Å². The van der Waals surface area contributed by atoms with Gasteiger partial charge < -0.3 is 20.1 Å². The average Bonchev–Trinajstić information content (AvgIpc) is 3.17. The highest BCUT2D eigenvalue weighted by molar-refractivity contribution is 7.47. The van der Waals surface area contributed by atoms with E-state index in [2.05, 4.69) is 129 Å². The van der Waals surface area contributed by atoms with Gasteiger partial charge in [0.15, 0.2) is 0 Å². The predicted molar refractivity (Wildman–Crippen MR) is 228 cm³/mol. The van der Waals surface area contributed by atoms with Crippen LogP contribution in [0.4, 0.5) is 0 Å². The Kier molecular flexibility index (Phi) is 37.9. The summed E-state index contributed by atoms with van der Waals surface area (Å²) in [6, 6.07) is 0. The zero-order chi connectivity index (χ0) is 40.3. The number of carbonyl (C=O) groups excluding carboxylic acids is 2. The molecule has 0 saturated carbocycles. The smallest absolute Gasteiger partial charge is 0.463 e. The molecule has 310 valence electrons. The minimum Gasteiger partial charge on any atom is -0.463 e. The second kappa shape index (κ2) is 40.3. The molecule has 0 aliphatic rings. The van der Waals surface area contributed by atoms with Crippen LogP contribution < -0.4 is 5.32 Å². The average molecular weight is 786 g/mol. The van der Waals surface area contributed by atoms with Crippen LogP contribution in [0, 0.1) is 0 Å². The molecular formula is C45H72NO8P.